The maximum absolute atomic E-state index is 12.1. The molecule has 1 aliphatic rings. The van der Waals surface area contributed by atoms with E-state index in [1.165, 1.54) is 0 Å². The van der Waals surface area contributed by atoms with Crippen molar-refractivity contribution in [3.05, 3.63) is 29.6 Å². The highest BCUT2D eigenvalue weighted by molar-refractivity contribution is 5.94. The SMILES string of the molecule is Cc1cccnc1C(=O)NC1CCCCC1C(=O)O. The van der Waals surface area contributed by atoms with Crippen LogP contribution in [0.15, 0.2) is 18.3 Å². The highest BCUT2D eigenvalue weighted by Crippen LogP contribution is 2.25. The van der Waals surface area contributed by atoms with Crippen LogP contribution in [-0.4, -0.2) is 28.0 Å². The third-order valence-electron chi connectivity index (χ3n) is 3.62. The predicted molar refractivity (Wildman–Crippen MR) is 69.8 cm³/mol. The maximum atomic E-state index is 12.1. The Morgan fingerprint density at radius 1 is 1.37 bits per heavy atom. The summed E-state index contributed by atoms with van der Waals surface area (Å²) in [5.41, 5.74) is 1.17. The van der Waals surface area contributed by atoms with Gasteiger partial charge in [-0.05, 0) is 31.4 Å². The van der Waals surface area contributed by atoms with Gasteiger partial charge < -0.3 is 10.4 Å². The minimum atomic E-state index is -0.831. The van der Waals surface area contributed by atoms with E-state index in [4.69, 9.17) is 0 Å². The third-order valence-corrected chi connectivity index (χ3v) is 3.62. The molecule has 2 atom stereocenters. The molecule has 1 saturated carbocycles. The van der Waals surface area contributed by atoms with E-state index in [2.05, 4.69) is 10.3 Å². The van der Waals surface area contributed by atoms with E-state index in [-0.39, 0.29) is 11.9 Å². The molecule has 2 rings (SSSR count). The Labute approximate surface area is 112 Å². The molecule has 0 aliphatic heterocycles. The molecule has 19 heavy (non-hydrogen) atoms. The Bertz CT molecular complexity index is 487. The zero-order valence-corrected chi connectivity index (χ0v) is 10.9. The van der Waals surface area contributed by atoms with Gasteiger partial charge in [0, 0.05) is 12.2 Å². The Balaban J connectivity index is 2.09. The highest BCUT2D eigenvalue weighted by atomic mass is 16.4. The van der Waals surface area contributed by atoms with Crippen molar-refractivity contribution in [1.29, 1.82) is 0 Å². The Morgan fingerprint density at radius 2 is 2.11 bits per heavy atom. The van der Waals surface area contributed by atoms with Crippen molar-refractivity contribution in [1.82, 2.24) is 10.3 Å². The first kappa shape index (κ1) is 13.5. The maximum Gasteiger partial charge on any atom is 0.308 e. The summed E-state index contributed by atoms with van der Waals surface area (Å²) in [7, 11) is 0. The predicted octanol–water partition coefficient (Wildman–Crippen LogP) is 1.76. The first-order valence-electron chi connectivity index (χ1n) is 6.55. The van der Waals surface area contributed by atoms with Gasteiger partial charge >= 0.3 is 5.97 Å². The quantitative estimate of drug-likeness (QED) is 0.870. The number of carboxylic acid groups (broad SMARTS) is 1. The van der Waals surface area contributed by atoms with Crippen LogP contribution in [0.5, 0.6) is 0 Å². The largest absolute Gasteiger partial charge is 0.481 e. The van der Waals surface area contributed by atoms with Gasteiger partial charge in [0.15, 0.2) is 0 Å². The molecule has 0 aromatic carbocycles. The van der Waals surface area contributed by atoms with Crippen molar-refractivity contribution < 1.29 is 14.7 Å². The lowest BCUT2D eigenvalue weighted by Gasteiger charge is -2.29. The second-order valence-electron chi connectivity index (χ2n) is 4.98. The van der Waals surface area contributed by atoms with E-state index in [0.717, 1.165) is 18.4 Å². The molecule has 1 fully saturated rings. The smallest absolute Gasteiger partial charge is 0.308 e. The molecular weight excluding hydrogens is 244 g/mol. The normalized spacial score (nSPS) is 22.8. The van der Waals surface area contributed by atoms with Crippen molar-refractivity contribution >= 4 is 11.9 Å². The van der Waals surface area contributed by atoms with E-state index in [1.54, 1.807) is 12.3 Å². The minimum absolute atomic E-state index is 0.281. The molecule has 0 radical (unpaired) electrons. The van der Waals surface area contributed by atoms with Gasteiger partial charge in [0.1, 0.15) is 5.69 Å². The van der Waals surface area contributed by atoms with Gasteiger partial charge in [0.2, 0.25) is 0 Å². The highest BCUT2D eigenvalue weighted by Gasteiger charge is 2.32. The lowest BCUT2D eigenvalue weighted by molar-refractivity contribution is -0.143. The molecule has 1 aromatic rings. The molecule has 2 unspecified atom stereocenters. The van der Waals surface area contributed by atoms with Crippen LogP contribution in [-0.2, 0) is 4.79 Å². The van der Waals surface area contributed by atoms with E-state index >= 15 is 0 Å². The molecule has 102 valence electrons. The van der Waals surface area contributed by atoms with Crippen molar-refractivity contribution in [2.45, 2.75) is 38.6 Å². The number of carbonyl (C=O) groups is 2. The van der Waals surface area contributed by atoms with Crippen LogP contribution < -0.4 is 5.32 Å². The van der Waals surface area contributed by atoms with Gasteiger partial charge in [0.25, 0.3) is 5.91 Å². The molecule has 1 aliphatic carbocycles. The summed E-state index contributed by atoms with van der Waals surface area (Å²) >= 11 is 0. The lowest BCUT2D eigenvalue weighted by atomic mass is 9.84. The number of hydrogen-bond acceptors (Lipinski definition) is 3. The van der Waals surface area contributed by atoms with Crippen LogP contribution in [0.4, 0.5) is 0 Å². The van der Waals surface area contributed by atoms with E-state index in [9.17, 15) is 14.7 Å². The Kier molecular flexibility index (Phi) is 4.14. The number of hydrogen-bond donors (Lipinski definition) is 2. The standard InChI is InChI=1S/C14H18N2O3/c1-9-5-4-8-15-12(9)13(17)16-11-7-3-2-6-10(11)14(18)19/h4-5,8,10-11H,2-3,6-7H2,1H3,(H,16,17)(H,18,19). The van der Waals surface area contributed by atoms with Crippen LogP contribution in [0.2, 0.25) is 0 Å². The first-order chi connectivity index (χ1) is 9.09. The fraction of sp³-hybridized carbons (Fsp3) is 0.500. The van der Waals surface area contributed by atoms with Crippen molar-refractivity contribution in [3.63, 3.8) is 0 Å². The molecule has 1 heterocycles. The summed E-state index contributed by atoms with van der Waals surface area (Å²) in [4.78, 5) is 27.4. The van der Waals surface area contributed by atoms with E-state index in [0.29, 0.717) is 18.5 Å². The monoisotopic (exact) mass is 262 g/mol. The number of carboxylic acids is 1. The fourth-order valence-corrected chi connectivity index (χ4v) is 2.56. The molecule has 5 nitrogen and oxygen atoms in total. The number of aromatic nitrogens is 1. The van der Waals surface area contributed by atoms with Crippen LogP contribution >= 0.6 is 0 Å². The molecule has 0 saturated heterocycles. The number of amides is 1. The topological polar surface area (TPSA) is 79.3 Å². The molecule has 1 amide bonds. The lowest BCUT2D eigenvalue weighted by Crippen LogP contribution is -2.45. The minimum Gasteiger partial charge on any atom is -0.481 e. The first-order valence-corrected chi connectivity index (χ1v) is 6.55. The van der Waals surface area contributed by atoms with Gasteiger partial charge in [-0.3, -0.25) is 14.6 Å². The number of rotatable bonds is 3. The zero-order valence-electron chi connectivity index (χ0n) is 10.9. The van der Waals surface area contributed by atoms with Crippen LogP contribution in [0.25, 0.3) is 0 Å². The summed E-state index contributed by atoms with van der Waals surface area (Å²) in [6, 6.07) is 3.30. The summed E-state index contributed by atoms with van der Waals surface area (Å²) in [6.45, 7) is 1.82. The van der Waals surface area contributed by atoms with Crippen LogP contribution in [0.3, 0.4) is 0 Å². The average molecular weight is 262 g/mol. The number of pyridine rings is 1. The van der Waals surface area contributed by atoms with Gasteiger partial charge in [-0.2, -0.15) is 0 Å². The molecule has 0 bridgehead atoms. The summed E-state index contributed by atoms with van der Waals surface area (Å²) in [6.07, 6.45) is 4.77. The molecule has 2 N–H and O–H groups in total. The summed E-state index contributed by atoms with van der Waals surface area (Å²) < 4.78 is 0. The van der Waals surface area contributed by atoms with Gasteiger partial charge in [-0.25, -0.2) is 0 Å². The number of carbonyl (C=O) groups excluding carboxylic acids is 1. The van der Waals surface area contributed by atoms with E-state index in [1.807, 2.05) is 13.0 Å². The summed E-state index contributed by atoms with van der Waals surface area (Å²) in [5, 5.41) is 12.0. The van der Waals surface area contributed by atoms with Crippen molar-refractivity contribution in [3.8, 4) is 0 Å². The van der Waals surface area contributed by atoms with Crippen LogP contribution in [0, 0.1) is 12.8 Å². The van der Waals surface area contributed by atoms with Gasteiger partial charge in [-0.15, -0.1) is 0 Å². The summed E-state index contributed by atoms with van der Waals surface area (Å²) in [5.74, 6) is -1.60. The molecule has 0 spiro atoms. The number of aliphatic carboxylic acids is 1. The van der Waals surface area contributed by atoms with Crippen LogP contribution in [0.1, 0.15) is 41.7 Å². The van der Waals surface area contributed by atoms with E-state index < -0.39 is 11.9 Å². The second kappa shape index (κ2) is 5.82. The molecule has 1 aromatic heterocycles. The van der Waals surface area contributed by atoms with Gasteiger partial charge in [0.05, 0.1) is 5.92 Å². The second-order valence-corrected chi connectivity index (χ2v) is 4.98. The Morgan fingerprint density at radius 3 is 2.79 bits per heavy atom. The average Bonchev–Trinajstić information content (AvgIpc) is 2.39. The number of nitrogens with zero attached hydrogens (tertiary/aromatic N) is 1. The zero-order chi connectivity index (χ0) is 13.8. The number of nitrogens with one attached hydrogen (secondary N) is 1. The molecule has 5 heteroatoms. The van der Waals surface area contributed by atoms with Gasteiger partial charge in [-0.1, -0.05) is 18.9 Å². The fourth-order valence-electron chi connectivity index (χ4n) is 2.56. The van der Waals surface area contributed by atoms with Crippen molar-refractivity contribution in [2.24, 2.45) is 5.92 Å². The third kappa shape index (κ3) is 3.10. The van der Waals surface area contributed by atoms with Crippen molar-refractivity contribution in [2.75, 3.05) is 0 Å². The Hall–Kier alpha value is -1.91. The number of aryl methyl sites for hydroxylation is 1. The molecular formula is C14H18N2O3.